The van der Waals surface area contributed by atoms with Crippen LogP contribution in [0.5, 0.6) is 0 Å². The Morgan fingerprint density at radius 2 is 2.17 bits per heavy atom. The van der Waals surface area contributed by atoms with E-state index in [0.29, 0.717) is 17.4 Å². The number of aromatic amines is 1. The summed E-state index contributed by atoms with van der Waals surface area (Å²) in [6.07, 6.45) is 5.45. The largest absolute Gasteiger partial charge is 0.321 e. The molecule has 0 radical (unpaired) electrons. The molecule has 118 valence electrons. The number of hydrogen-bond acceptors (Lipinski definition) is 5. The van der Waals surface area contributed by atoms with Gasteiger partial charge in [-0.25, -0.2) is 4.68 Å². The average molecular weight is 311 g/mol. The van der Waals surface area contributed by atoms with Gasteiger partial charge in [0.15, 0.2) is 5.69 Å². The topological polar surface area (TPSA) is 101 Å². The molecule has 8 nitrogen and oxygen atoms in total. The quantitative estimate of drug-likeness (QED) is 0.677. The van der Waals surface area contributed by atoms with E-state index in [-0.39, 0.29) is 5.91 Å². The fraction of sp³-hybridized carbons (Fsp3) is 0.333. The van der Waals surface area contributed by atoms with E-state index in [1.165, 1.54) is 0 Å². The Morgan fingerprint density at radius 3 is 3.04 bits per heavy atom. The molecule has 1 aliphatic heterocycles. The van der Waals surface area contributed by atoms with E-state index in [4.69, 9.17) is 0 Å². The number of aromatic nitrogens is 5. The zero-order valence-electron chi connectivity index (χ0n) is 12.5. The van der Waals surface area contributed by atoms with Crippen LogP contribution in [0.2, 0.25) is 0 Å². The smallest absolute Gasteiger partial charge is 0.277 e. The maximum Gasteiger partial charge on any atom is 0.277 e. The maximum absolute atomic E-state index is 12.3. The van der Waals surface area contributed by atoms with E-state index in [2.05, 4.69) is 31.1 Å². The standard InChI is InChI=1S/C15H17N7O/c23-15(18-11-1-2-13-10(7-11)8-17-19-13)14-9-22(21-20-14)12-3-5-16-6-4-12/h1-2,7-9,12,16H,3-6H2,(H,17,19)(H,18,23). The van der Waals surface area contributed by atoms with Crippen LogP contribution in [0.3, 0.4) is 0 Å². The van der Waals surface area contributed by atoms with Crippen molar-refractivity contribution in [2.24, 2.45) is 0 Å². The third kappa shape index (κ3) is 2.80. The third-order valence-corrected chi connectivity index (χ3v) is 4.12. The van der Waals surface area contributed by atoms with Crippen molar-refractivity contribution >= 4 is 22.5 Å². The Balaban J connectivity index is 1.49. The summed E-state index contributed by atoms with van der Waals surface area (Å²) in [6.45, 7) is 1.94. The van der Waals surface area contributed by atoms with Crippen LogP contribution in [-0.4, -0.2) is 44.2 Å². The van der Waals surface area contributed by atoms with Crippen LogP contribution in [0.4, 0.5) is 5.69 Å². The highest BCUT2D eigenvalue weighted by Crippen LogP contribution is 2.19. The molecule has 0 saturated carbocycles. The summed E-state index contributed by atoms with van der Waals surface area (Å²) < 4.78 is 1.80. The number of H-pyrrole nitrogens is 1. The summed E-state index contributed by atoms with van der Waals surface area (Å²) >= 11 is 0. The van der Waals surface area contributed by atoms with E-state index < -0.39 is 0 Å². The summed E-state index contributed by atoms with van der Waals surface area (Å²) in [5, 5.41) is 22.1. The van der Waals surface area contributed by atoms with Gasteiger partial charge in [-0.15, -0.1) is 5.10 Å². The number of carbonyl (C=O) groups excluding carboxylic acids is 1. The molecule has 1 saturated heterocycles. The van der Waals surface area contributed by atoms with E-state index in [9.17, 15) is 4.79 Å². The molecular formula is C15H17N7O. The number of nitrogens with zero attached hydrogens (tertiary/aromatic N) is 4. The van der Waals surface area contributed by atoms with Gasteiger partial charge in [-0.2, -0.15) is 5.10 Å². The molecule has 0 aliphatic carbocycles. The van der Waals surface area contributed by atoms with Crippen LogP contribution in [0, 0.1) is 0 Å². The molecule has 3 heterocycles. The van der Waals surface area contributed by atoms with Crippen molar-refractivity contribution in [3.63, 3.8) is 0 Å². The van der Waals surface area contributed by atoms with Gasteiger partial charge < -0.3 is 10.6 Å². The predicted octanol–water partition coefficient (Wildman–Crippen LogP) is 1.33. The molecule has 0 bridgehead atoms. The number of hydrogen-bond donors (Lipinski definition) is 3. The Labute approximate surface area is 132 Å². The predicted molar refractivity (Wildman–Crippen MR) is 85.2 cm³/mol. The number of benzene rings is 1. The van der Waals surface area contributed by atoms with Gasteiger partial charge in [-0.05, 0) is 44.1 Å². The first kappa shape index (κ1) is 13.9. The summed E-state index contributed by atoms with van der Waals surface area (Å²) in [5.74, 6) is -0.256. The van der Waals surface area contributed by atoms with Crippen molar-refractivity contribution in [2.75, 3.05) is 18.4 Å². The van der Waals surface area contributed by atoms with E-state index in [0.717, 1.165) is 36.8 Å². The number of rotatable bonds is 3. The molecule has 4 rings (SSSR count). The normalized spacial score (nSPS) is 15.8. The highest BCUT2D eigenvalue weighted by molar-refractivity contribution is 6.03. The van der Waals surface area contributed by atoms with Gasteiger partial charge in [-0.1, -0.05) is 5.21 Å². The number of nitrogens with one attached hydrogen (secondary N) is 3. The van der Waals surface area contributed by atoms with Crippen molar-refractivity contribution in [1.82, 2.24) is 30.5 Å². The third-order valence-electron chi connectivity index (χ3n) is 4.12. The number of fused-ring (bicyclic) bond motifs is 1. The Kier molecular flexibility index (Phi) is 3.51. The number of anilines is 1. The van der Waals surface area contributed by atoms with E-state index >= 15 is 0 Å². The fourth-order valence-corrected chi connectivity index (χ4v) is 2.85. The van der Waals surface area contributed by atoms with Crippen molar-refractivity contribution in [3.8, 4) is 0 Å². The molecule has 1 amide bonds. The minimum absolute atomic E-state index is 0.256. The molecule has 23 heavy (non-hydrogen) atoms. The van der Waals surface area contributed by atoms with Gasteiger partial charge >= 0.3 is 0 Å². The summed E-state index contributed by atoms with van der Waals surface area (Å²) in [7, 11) is 0. The van der Waals surface area contributed by atoms with Gasteiger partial charge in [0, 0.05) is 11.1 Å². The molecule has 3 aromatic rings. The molecule has 1 aromatic carbocycles. The minimum atomic E-state index is -0.256. The monoisotopic (exact) mass is 311 g/mol. The summed E-state index contributed by atoms with van der Waals surface area (Å²) in [5.41, 5.74) is 1.97. The summed E-state index contributed by atoms with van der Waals surface area (Å²) in [4.78, 5) is 12.3. The van der Waals surface area contributed by atoms with Crippen LogP contribution in [-0.2, 0) is 0 Å². The zero-order chi connectivity index (χ0) is 15.6. The Hall–Kier alpha value is -2.74. The van der Waals surface area contributed by atoms with Crippen LogP contribution in [0.25, 0.3) is 10.9 Å². The zero-order valence-corrected chi connectivity index (χ0v) is 12.5. The molecule has 8 heteroatoms. The van der Waals surface area contributed by atoms with Crippen molar-refractivity contribution < 1.29 is 4.79 Å². The van der Waals surface area contributed by atoms with Crippen molar-refractivity contribution in [2.45, 2.75) is 18.9 Å². The molecular weight excluding hydrogens is 294 g/mol. The van der Waals surface area contributed by atoms with E-state index in [1.807, 2.05) is 18.2 Å². The number of amides is 1. The first-order valence-corrected chi connectivity index (χ1v) is 7.66. The van der Waals surface area contributed by atoms with Crippen molar-refractivity contribution in [1.29, 1.82) is 0 Å². The highest BCUT2D eigenvalue weighted by atomic mass is 16.2. The lowest BCUT2D eigenvalue weighted by atomic mass is 10.1. The lowest BCUT2D eigenvalue weighted by molar-refractivity contribution is 0.102. The minimum Gasteiger partial charge on any atom is -0.321 e. The molecule has 0 unspecified atom stereocenters. The van der Waals surface area contributed by atoms with Crippen LogP contribution >= 0.6 is 0 Å². The molecule has 0 spiro atoms. The number of piperidine rings is 1. The molecule has 3 N–H and O–H groups in total. The first-order valence-electron chi connectivity index (χ1n) is 7.66. The van der Waals surface area contributed by atoms with Gasteiger partial charge in [0.2, 0.25) is 0 Å². The Morgan fingerprint density at radius 1 is 1.30 bits per heavy atom. The number of carbonyl (C=O) groups is 1. The van der Waals surface area contributed by atoms with Gasteiger partial charge in [0.1, 0.15) is 0 Å². The second-order valence-corrected chi connectivity index (χ2v) is 5.69. The first-order chi connectivity index (χ1) is 11.3. The van der Waals surface area contributed by atoms with Gasteiger partial charge in [0.25, 0.3) is 5.91 Å². The van der Waals surface area contributed by atoms with Crippen LogP contribution in [0.15, 0.2) is 30.6 Å². The SMILES string of the molecule is O=C(Nc1ccc2[nH]ncc2c1)c1cn(C2CCNCC2)nn1. The van der Waals surface area contributed by atoms with E-state index in [1.54, 1.807) is 17.1 Å². The molecule has 0 atom stereocenters. The van der Waals surface area contributed by atoms with Crippen molar-refractivity contribution in [3.05, 3.63) is 36.3 Å². The molecule has 1 fully saturated rings. The molecule has 2 aromatic heterocycles. The highest BCUT2D eigenvalue weighted by Gasteiger charge is 2.18. The van der Waals surface area contributed by atoms with Gasteiger partial charge in [0.05, 0.1) is 24.0 Å². The molecule has 1 aliphatic rings. The summed E-state index contributed by atoms with van der Waals surface area (Å²) in [6, 6.07) is 5.89. The van der Waals surface area contributed by atoms with Crippen LogP contribution in [0.1, 0.15) is 29.4 Å². The van der Waals surface area contributed by atoms with Gasteiger partial charge in [-0.3, -0.25) is 9.89 Å². The lowest BCUT2D eigenvalue weighted by Gasteiger charge is -2.22. The average Bonchev–Trinajstić information content (AvgIpc) is 3.24. The second kappa shape index (κ2) is 5.81. The maximum atomic E-state index is 12.3. The lowest BCUT2D eigenvalue weighted by Crippen LogP contribution is -2.29. The fourth-order valence-electron chi connectivity index (χ4n) is 2.85. The Bertz CT molecular complexity index is 831. The second-order valence-electron chi connectivity index (χ2n) is 5.69. The van der Waals surface area contributed by atoms with Crippen LogP contribution < -0.4 is 10.6 Å².